The lowest BCUT2D eigenvalue weighted by atomic mass is 10.0. The summed E-state index contributed by atoms with van der Waals surface area (Å²) in [6, 6.07) is 22.1. The number of carbonyl (C=O) groups excluding carboxylic acids is 1. The summed E-state index contributed by atoms with van der Waals surface area (Å²) in [6.45, 7) is 3.28. The molecule has 0 spiro atoms. The van der Waals surface area contributed by atoms with Gasteiger partial charge in [-0.1, -0.05) is 31.2 Å². The van der Waals surface area contributed by atoms with E-state index in [1.54, 1.807) is 44.5 Å². The van der Waals surface area contributed by atoms with Crippen LogP contribution in [0.25, 0.3) is 22.0 Å². The van der Waals surface area contributed by atoms with Crippen molar-refractivity contribution in [2.45, 2.75) is 26.4 Å². The van der Waals surface area contributed by atoms with E-state index < -0.39 is 0 Å². The van der Waals surface area contributed by atoms with E-state index >= 15 is 0 Å². The molecule has 1 amide bonds. The molecule has 10 nitrogen and oxygen atoms in total. The first-order chi connectivity index (χ1) is 22.4. The molecular formula is C36H35N7O3. The van der Waals surface area contributed by atoms with Gasteiger partial charge in [0.2, 0.25) is 0 Å². The van der Waals surface area contributed by atoms with Gasteiger partial charge in [-0.15, -0.1) is 0 Å². The van der Waals surface area contributed by atoms with Crippen molar-refractivity contribution in [1.29, 1.82) is 0 Å². The van der Waals surface area contributed by atoms with Crippen molar-refractivity contribution in [3.8, 4) is 22.8 Å². The molecule has 2 aromatic carbocycles. The third kappa shape index (κ3) is 6.66. The highest BCUT2D eigenvalue weighted by Crippen LogP contribution is 2.34. The molecule has 0 aliphatic rings. The van der Waals surface area contributed by atoms with Crippen molar-refractivity contribution in [3.05, 3.63) is 120 Å². The van der Waals surface area contributed by atoms with Crippen LogP contribution in [-0.4, -0.2) is 44.9 Å². The lowest BCUT2D eigenvalue weighted by Gasteiger charge is -2.26. The van der Waals surface area contributed by atoms with Crippen LogP contribution in [0.5, 0.6) is 11.5 Å². The molecule has 4 heterocycles. The second kappa shape index (κ2) is 13.5. The number of ether oxygens (including phenoxy) is 2. The van der Waals surface area contributed by atoms with Crippen molar-refractivity contribution >= 4 is 28.3 Å². The minimum atomic E-state index is -0.282. The maximum Gasteiger partial charge on any atom is 0.260 e. The second-order valence-corrected chi connectivity index (χ2v) is 10.9. The summed E-state index contributed by atoms with van der Waals surface area (Å²) in [5.41, 5.74) is 5.53. The molecule has 46 heavy (non-hydrogen) atoms. The number of methoxy groups -OCH3 is 2. The van der Waals surface area contributed by atoms with Crippen LogP contribution in [0.3, 0.4) is 0 Å². The minimum absolute atomic E-state index is 0.282. The molecule has 6 aromatic rings. The molecule has 232 valence electrons. The molecule has 0 saturated heterocycles. The summed E-state index contributed by atoms with van der Waals surface area (Å²) in [5, 5.41) is 8.77. The Bertz CT molecular complexity index is 1920. The molecule has 0 radical (unpaired) electrons. The fraction of sp³-hybridized carbons (Fsp3) is 0.194. The highest BCUT2D eigenvalue weighted by atomic mass is 16.5. The lowest BCUT2D eigenvalue weighted by Crippen LogP contribution is -2.24. The third-order valence-corrected chi connectivity index (χ3v) is 7.84. The zero-order chi connectivity index (χ0) is 32.0. The molecule has 1 N–H and O–H groups in total. The fourth-order valence-electron chi connectivity index (χ4n) is 5.38. The Hall–Kier alpha value is -5.77. The maximum absolute atomic E-state index is 13.0. The van der Waals surface area contributed by atoms with Gasteiger partial charge in [0.15, 0.2) is 0 Å². The van der Waals surface area contributed by atoms with Crippen LogP contribution in [-0.2, 0) is 26.6 Å². The van der Waals surface area contributed by atoms with E-state index in [1.165, 1.54) is 6.20 Å². The molecular weight excluding hydrogens is 578 g/mol. The Morgan fingerprint density at radius 2 is 1.57 bits per heavy atom. The third-order valence-electron chi connectivity index (χ3n) is 7.84. The lowest BCUT2D eigenvalue weighted by molar-refractivity contribution is 0.102. The average molecular weight is 614 g/mol. The summed E-state index contributed by atoms with van der Waals surface area (Å²) < 4.78 is 12.4. The van der Waals surface area contributed by atoms with Gasteiger partial charge in [0.1, 0.15) is 23.1 Å². The molecule has 4 aromatic heterocycles. The highest BCUT2D eigenvalue weighted by Gasteiger charge is 2.19. The van der Waals surface area contributed by atoms with Gasteiger partial charge in [0.25, 0.3) is 5.91 Å². The van der Waals surface area contributed by atoms with E-state index in [4.69, 9.17) is 14.5 Å². The van der Waals surface area contributed by atoms with E-state index in [9.17, 15) is 4.79 Å². The average Bonchev–Trinajstić information content (AvgIpc) is 3.54. The molecule has 10 heteroatoms. The molecule has 0 unspecified atom stereocenters. The predicted molar refractivity (Wildman–Crippen MR) is 179 cm³/mol. The van der Waals surface area contributed by atoms with E-state index in [0.717, 1.165) is 62.5 Å². The van der Waals surface area contributed by atoms with Gasteiger partial charge >= 0.3 is 0 Å². The monoisotopic (exact) mass is 613 g/mol. The topological polar surface area (TPSA) is 107 Å². The molecule has 0 bridgehead atoms. The number of rotatable bonds is 11. The summed E-state index contributed by atoms with van der Waals surface area (Å²) in [4.78, 5) is 29.6. The summed E-state index contributed by atoms with van der Waals surface area (Å²) in [6.07, 6.45) is 9.47. The molecule has 0 aliphatic carbocycles. The van der Waals surface area contributed by atoms with Crippen molar-refractivity contribution in [3.63, 3.8) is 0 Å². The van der Waals surface area contributed by atoms with Crippen LogP contribution in [0, 0.1) is 0 Å². The van der Waals surface area contributed by atoms with Gasteiger partial charge in [0.05, 0.1) is 31.7 Å². The number of hydrogen-bond acceptors (Lipinski definition) is 8. The SMILES string of the molecule is CCc1ccncc1-c1cc2cc(NC(=O)c3cnn(C)c3)ncc2c(N(Cc2ccc(OC)cc2)Cc2ccc(OC)cc2)n1. The van der Waals surface area contributed by atoms with Crippen LogP contribution in [0.15, 0.2) is 97.7 Å². The van der Waals surface area contributed by atoms with E-state index in [1.807, 2.05) is 48.7 Å². The first-order valence-electron chi connectivity index (χ1n) is 15.0. The fourth-order valence-corrected chi connectivity index (χ4v) is 5.38. The van der Waals surface area contributed by atoms with Gasteiger partial charge in [-0.05, 0) is 71.0 Å². The van der Waals surface area contributed by atoms with Crippen LogP contribution < -0.4 is 19.7 Å². The van der Waals surface area contributed by atoms with Crippen molar-refractivity contribution in [2.24, 2.45) is 7.05 Å². The van der Waals surface area contributed by atoms with Gasteiger partial charge in [0, 0.05) is 55.9 Å². The van der Waals surface area contributed by atoms with Gasteiger partial charge in [-0.2, -0.15) is 5.10 Å². The largest absolute Gasteiger partial charge is 0.497 e. The zero-order valence-corrected chi connectivity index (χ0v) is 26.3. The Balaban J connectivity index is 1.48. The molecule has 0 fully saturated rings. The number of nitrogens with zero attached hydrogens (tertiary/aromatic N) is 6. The van der Waals surface area contributed by atoms with E-state index in [0.29, 0.717) is 24.5 Å². The first-order valence-corrected chi connectivity index (χ1v) is 15.0. The van der Waals surface area contributed by atoms with Crippen LogP contribution >= 0.6 is 0 Å². The zero-order valence-electron chi connectivity index (χ0n) is 26.3. The predicted octanol–water partition coefficient (Wildman–Crippen LogP) is 6.46. The number of hydrogen-bond donors (Lipinski definition) is 1. The Morgan fingerprint density at radius 1 is 0.891 bits per heavy atom. The molecule has 0 saturated carbocycles. The summed E-state index contributed by atoms with van der Waals surface area (Å²) >= 11 is 0. The van der Waals surface area contributed by atoms with E-state index in [-0.39, 0.29) is 5.91 Å². The molecule has 0 atom stereocenters. The van der Waals surface area contributed by atoms with Crippen LogP contribution in [0.2, 0.25) is 0 Å². The second-order valence-electron chi connectivity index (χ2n) is 10.9. The molecule has 6 rings (SSSR count). The highest BCUT2D eigenvalue weighted by molar-refractivity contribution is 6.05. The number of aryl methyl sites for hydroxylation is 2. The van der Waals surface area contributed by atoms with Crippen molar-refractivity contribution < 1.29 is 14.3 Å². The van der Waals surface area contributed by atoms with Gasteiger partial charge in [-0.3, -0.25) is 14.5 Å². The number of carbonyl (C=O) groups is 1. The van der Waals surface area contributed by atoms with Crippen molar-refractivity contribution in [2.75, 3.05) is 24.4 Å². The van der Waals surface area contributed by atoms with Gasteiger partial charge < -0.3 is 19.7 Å². The number of pyridine rings is 3. The first kappa shape index (κ1) is 30.3. The smallest absolute Gasteiger partial charge is 0.260 e. The maximum atomic E-state index is 13.0. The summed E-state index contributed by atoms with van der Waals surface area (Å²) in [5.74, 6) is 2.51. The number of benzene rings is 2. The number of amides is 1. The Morgan fingerprint density at radius 3 is 2.15 bits per heavy atom. The Labute approximate surface area is 267 Å². The number of nitrogens with one attached hydrogen (secondary N) is 1. The quantitative estimate of drug-likeness (QED) is 0.177. The number of fused-ring (bicyclic) bond motifs is 1. The van der Waals surface area contributed by atoms with Crippen molar-refractivity contribution in [1.82, 2.24) is 24.7 Å². The standard InChI is InChI=1S/C36H35N7O3/c1-5-26-14-15-37-19-31(26)33-16-27-17-34(41-36(44)28-18-39-42(2)23-28)38-20-32(27)35(40-33)43(21-24-6-10-29(45-3)11-7-24)22-25-8-12-30(46-4)13-9-25/h6-20,23H,5,21-22H2,1-4H3,(H,38,41,44). The molecule has 0 aliphatic heterocycles. The van der Waals surface area contributed by atoms with Crippen LogP contribution in [0.4, 0.5) is 11.6 Å². The number of anilines is 2. The number of aromatic nitrogens is 5. The Kier molecular flexibility index (Phi) is 8.87. The minimum Gasteiger partial charge on any atom is -0.497 e. The van der Waals surface area contributed by atoms with Gasteiger partial charge in [-0.25, -0.2) is 9.97 Å². The van der Waals surface area contributed by atoms with E-state index in [2.05, 4.69) is 56.5 Å². The normalized spacial score (nSPS) is 11.0. The summed E-state index contributed by atoms with van der Waals surface area (Å²) in [7, 11) is 5.10. The van der Waals surface area contributed by atoms with Crippen LogP contribution in [0.1, 0.15) is 34.0 Å².